The van der Waals surface area contributed by atoms with Crippen LogP contribution in [0.25, 0.3) is 10.7 Å². The number of carbonyl (C=O) groups excluding carboxylic acids is 2. The second kappa shape index (κ2) is 7.67. The minimum atomic E-state index is -0.209. The van der Waals surface area contributed by atoms with E-state index in [1.54, 1.807) is 30.5 Å². The molecule has 0 atom stereocenters. The van der Waals surface area contributed by atoms with E-state index in [-0.39, 0.29) is 24.3 Å². The van der Waals surface area contributed by atoms with Crippen LogP contribution in [0.2, 0.25) is 0 Å². The highest BCUT2D eigenvalue weighted by Crippen LogP contribution is 2.23. The Morgan fingerprint density at radius 2 is 1.93 bits per heavy atom. The van der Waals surface area contributed by atoms with E-state index in [1.807, 2.05) is 23.6 Å². The van der Waals surface area contributed by atoms with E-state index in [4.69, 9.17) is 0 Å². The zero-order valence-corrected chi connectivity index (χ0v) is 15.3. The minimum absolute atomic E-state index is 0.141. The molecule has 1 aromatic carbocycles. The smallest absolute Gasteiger partial charge is 0.253 e. The molecule has 2 amide bonds. The highest BCUT2D eigenvalue weighted by molar-refractivity contribution is 7.13. The van der Waals surface area contributed by atoms with Gasteiger partial charge >= 0.3 is 0 Å². The van der Waals surface area contributed by atoms with Crippen LogP contribution in [-0.4, -0.2) is 27.8 Å². The standard InChI is InChI=1S/C20H18N4O2S/c25-18(11-14-12-27-20(23-14)17-7-3-4-10-21-17)24-16-6-2-1-5-15(16)19(26)22-13-8-9-13/h1-7,10,12-13H,8-9,11H2,(H,22,26)(H,24,25). The molecule has 4 rings (SSSR count). The van der Waals surface area contributed by atoms with E-state index in [0.29, 0.717) is 16.9 Å². The molecule has 6 nitrogen and oxygen atoms in total. The van der Waals surface area contributed by atoms with Crippen LogP contribution in [0.15, 0.2) is 54.0 Å². The molecule has 136 valence electrons. The Balaban J connectivity index is 1.43. The van der Waals surface area contributed by atoms with Crippen molar-refractivity contribution in [3.63, 3.8) is 0 Å². The monoisotopic (exact) mass is 378 g/mol. The number of hydrogen-bond donors (Lipinski definition) is 2. The summed E-state index contributed by atoms with van der Waals surface area (Å²) in [7, 11) is 0. The largest absolute Gasteiger partial charge is 0.349 e. The van der Waals surface area contributed by atoms with Gasteiger partial charge in [-0.25, -0.2) is 4.98 Å². The molecule has 2 heterocycles. The van der Waals surface area contributed by atoms with Gasteiger partial charge in [-0.15, -0.1) is 11.3 Å². The highest BCUT2D eigenvalue weighted by atomic mass is 32.1. The summed E-state index contributed by atoms with van der Waals surface area (Å²) in [6, 6.07) is 12.9. The third kappa shape index (κ3) is 4.38. The molecule has 1 saturated carbocycles. The molecule has 1 fully saturated rings. The first-order valence-corrected chi connectivity index (χ1v) is 9.62. The number of thiazole rings is 1. The molecule has 0 saturated heterocycles. The second-order valence-electron chi connectivity index (χ2n) is 6.38. The third-order valence-electron chi connectivity index (χ3n) is 4.14. The molecule has 3 aromatic rings. The van der Waals surface area contributed by atoms with Gasteiger partial charge in [0.15, 0.2) is 0 Å². The Labute approximate surface area is 160 Å². The van der Waals surface area contributed by atoms with Gasteiger partial charge in [0.25, 0.3) is 5.91 Å². The fraction of sp³-hybridized carbons (Fsp3) is 0.200. The first kappa shape index (κ1) is 17.4. The van der Waals surface area contributed by atoms with E-state index in [1.165, 1.54) is 11.3 Å². The van der Waals surface area contributed by atoms with Gasteiger partial charge in [0.1, 0.15) is 5.01 Å². The molecule has 2 aromatic heterocycles. The summed E-state index contributed by atoms with van der Waals surface area (Å²) in [6.45, 7) is 0. The fourth-order valence-electron chi connectivity index (χ4n) is 2.63. The van der Waals surface area contributed by atoms with Crippen molar-refractivity contribution in [3.8, 4) is 10.7 Å². The first-order chi connectivity index (χ1) is 13.2. The van der Waals surface area contributed by atoms with Gasteiger partial charge in [-0.1, -0.05) is 18.2 Å². The Bertz CT molecular complexity index is 967. The van der Waals surface area contributed by atoms with Gasteiger partial charge in [0.05, 0.1) is 29.1 Å². The molecular formula is C20H18N4O2S. The maximum absolute atomic E-state index is 12.4. The van der Waals surface area contributed by atoms with Crippen LogP contribution in [0.3, 0.4) is 0 Å². The van der Waals surface area contributed by atoms with Crippen molar-refractivity contribution in [1.82, 2.24) is 15.3 Å². The quantitative estimate of drug-likeness (QED) is 0.689. The van der Waals surface area contributed by atoms with Gasteiger partial charge in [-0.3, -0.25) is 14.6 Å². The van der Waals surface area contributed by atoms with Gasteiger partial charge < -0.3 is 10.6 Å². The van der Waals surface area contributed by atoms with Crippen molar-refractivity contribution in [2.75, 3.05) is 5.32 Å². The summed E-state index contributed by atoms with van der Waals surface area (Å²) < 4.78 is 0. The lowest BCUT2D eigenvalue weighted by Gasteiger charge is -2.10. The molecule has 1 aliphatic carbocycles. The lowest BCUT2D eigenvalue weighted by Crippen LogP contribution is -2.27. The zero-order chi connectivity index (χ0) is 18.6. The SMILES string of the molecule is O=C(Cc1csc(-c2ccccn2)n1)Nc1ccccc1C(=O)NC1CC1. The number of pyridine rings is 1. The summed E-state index contributed by atoms with van der Waals surface area (Å²) in [6.07, 6.45) is 3.89. The van der Waals surface area contributed by atoms with Crippen molar-refractivity contribution >= 4 is 28.8 Å². The summed E-state index contributed by atoms with van der Waals surface area (Å²) in [4.78, 5) is 33.5. The second-order valence-corrected chi connectivity index (χ2v) is 7.24. The summed E-state index contributed by atoms with van der Waals surface area (Å²) >= 11 is 1.46. The number of aromatic nitrogens is 2. The van der Waals surface area contributed by atoms with Crippen LogP contribution in [0.4, 0.5) is 5.69 Å². The minimum Gasteiger partial charge on any atom is -0.349 e. The van der Waals surface area contributed by atoms with Crippen molar-refractivity contribution in [2.45, 2.75) is 25.3 Å². The van der Waals surface area contributed by atoms with Crippen molar-refractivity contribution in [3.05, 3.63) is 65.3 Å². The van der Waals surface area contributed by atoms with E-state index in [2.05, 4.69) is 20.6 Å². The van der Waals surface area contributed by atoms with Gasteiger partial charge in [0, 0.05) is 17.6 Å². The molecular weight excluding hydrogens is 360 g/mol. The predicted octanol–water partition coefficient (Wildman–Crippen LogP) is 3.28. The van der Waals surface area contributed by atoms with Crippen LogP contribution in [0, 0.1) is 0 Å². The number of benzene rings is 1. The number of nitrogens with one attached hydrogen (secondary N) is 2. The van der Waals surface area contributed by atoms with Crippen LogP contribution < -0.4 is 10.6 Å². The van der Waals surface area contributed by atoms with Crippen molar-refractivity contribution in [2.24, 2.45) is 0 Å². The molecule has 0 aliphatic heterocycles. The number of anilines is 1. The average molecular weight is 378 g/mol. The molecule has 0 bridgehead atoms. The molecule has 1 aliphatic rings. The van der Waals surface area contributed by atoms with Crippen LogP contribution in [-0.2, 0) is 11.2 Å². The predicted molar refractivity (Wildman–Crippen MR) is 105 cm³/mol. The van der Waals surface area contributed by atoms with Crippen LogP contribution in [0.1, 0.15) is 28.9 Å². The maximum atomic E-state index is 12.4. The van der Waals surface area contributed by atoms with Crippen LogP contribution >= 0.6 is 11.3 Å². The molecule has 0 radical (unpaired) electrons. The third-order valence-corrected chi connectivity index (χ3v) is 5.05. The Morgan fingerprint density at radius 3 is 2.70 bits per heavy atom. The highest BCUT2D eigenvalue weighted by Gasteiger charge is 2.25. The van der Waals surface area contributed by atoms with E-state index in [9.17, 15) is 9.59 Å². The number of carbonyl (C=O) groups is 2. The number of para-hydroxylation sites is 1. The van der Waals surface area contributed by atoms with Crippen molar-refractivity contribution in [1.29, 1.82) is 0 Å². The topological polar surface area (TPSA) is 84.0 Å². The summed E-state index contributed by atoms with van der Waals surface area (Å²) in [5, 5.41) is 8.42. The maximum Gasteiger partial charge on any atom is 0.253 e. The molecule has 27 heavy (non-hydrogen) atoms. The lowest BCUT2D eigenvalue weighted by molar-refractivity contribution is -0.115. The Morgan fingerprint density at radius 1 is 1.11 bits per heavy atom. The van der Waals surface area contributed by atoms with Gasteiger partial charge in [-0.2, -0.15) is 0 Å². The van der Waals surface area contributed by atoms with Crippen molar-refractivity contribution < 1.29 is 9.59 Å². The number of nitrogens with zero attached hydrogens (tertiary/aromatic N) is 2. The zero-order valence-electron chi connectivity index (χ0n) is 14.5. The first-order valence-electron chi connectivity index (χ1n) is 8.74. The average Bonchev–Trinajstić information content (AvgIpc) is 3.38. The summed E-state index contributed by atoms with van der Waals surface area (Å²) in [5.41, 5.74) is 2.46. The molecule has 0 spiro atoms. The van der Waals surface area contributed by atoms with Gasteiger partial charge in [0.2, 0.25) is 5.91 Å². The number of rotatable bonds is 6. The van der Waals surface area contributed by atoms with E-state index in [0.717, 1.165) is 23.5 Å². The molecule has 2 N–H and O–H groups in total. The Kier molecular flexibility index (Phi) is 4.93. The normalized spacial score (nSPS) is 13.2. The Hall–Kier alpha value is -3.06. The number of hydrogen-bond acceptors (Lipinski definition) is 5. The molecule has 7 heteroatoms. The molecule has 0 unspecified atom stereocenters. The lowest BCUT2D eigenvalue weighted by atomic mass is 10.1. The number of amides is 2. The van der Waals surface area contributed by atoms with E-state index >= 15 is 0 Å². The van der Waals surface area contributed by atoms with Gasteiger partial charge in [-0.05, 0) is 37.1 Å². The fourth-order valence-corrected chi connectivity index (χ4v) is 3.43. The van der Waals surface area contributed by atoms with Crippen LogP contribution in [0.5, 0.6) is 0 Å². The summed E-state index contributed by atoms with van der Waals surface area (Å²) in [5.74, 6) is -0.362. The van der Waals surface area contributed by atoms with E-state index < -0.39 is 0 Å².